The summed E-state index contributed by atoms with van der Waals surface area (Å²) >= 11 is 9.63. The number of ether oxygens (including phenoxy) is 1. The molecule has 0 bridgehead atoms. The second-order valence-corrected chi connectivity index (χ2v) is 9.30. The number of carbonyl (C=O) groups is 2. The van der Waals surface area contributed by atoms with Gasteiger partial charge in [-0.3, -0.25) is 14.5 Å². The lowest BCUT2D eigenvalue weighted by Gasteiger charge is -2.45. The molecule has 1 aliphatic rings. The minimum atomic E-state index is -0.590. The fourth-order valence-corrected chi connectivity index (χ4v) is 5.26. The first-order valence-electron chi connectivity index (χ1n) is 10.4. The molecule has 4 rings (SSSR count). The van der Waals surface area contributed by atoms with Crippen LogP contribution < -0.4 is 0 Å². The Morgan fingerprint density at radius 1 is 1.12 bits per heavy atom. The van der Waals surface area contributed by atoms with E-state index in [4.69, 9.17) is 16.3 Å². The number of fused-ring (bicyclic) bond motifs is 1. The first-order chi connectivity index (χ1) is 15.4. The van der Waals surface area contributed by atoms with Crippen LogP contribution >= 0.6 is 27.5 Å². The van der Waals surface area contributed by atoms with Crippen molar-refractivity contribution in [2.45, 2.75) is 18.5 Å². The van der Waals surface area contributed by atoms with Gasteiger partial charge in [0.15, 0.2) is 0 Å². The Balaban J connectivity index is 1.73. The second kappa shape index (κ2) is 9.61. The van der Waals surface area contributed by atoms with Crippen LogP contribution in [0.25, 0.3) is 10.8 Å². The van der Waals surface area contributed by atoms with Crippen molar-refractivity contribution >= 4 is 50.2 Å². The summed E-state index contributed by atoms with van der Waals surface area (Å²) in [6, 6.07) is 18.8. The highest BCUT2D eigenvalue weighted by molar-refractivity contribution is 9.10. The van der Waals surface area contributed by atoms with E-state index in [-0.39, 0.29) is 18.4 Å². The lowest BCUT2D eigenvalue weighted by atomic mass is 9.91. The van der Waals surface area contributed by atoms with Crippen molar-refractivity contribution in [3.05, 3.63) is 81.3 Å². The van der Waals surface area contributed by atoms with E-state index in [1.165, 1.54) is 7.11 Å². The molecule has 1 heterocycles. The summed E-state index contributed by atoms with van der Waals surface area (Å²) in [6.07, 6.45) is 0.630. The summed E-state index contributed by atoms with van der Waals surface area (Å²) in [7, 11) is 3.18. The predicted molar refractivity (Wildman–Crippen MR) is 130 cm³/mol. The molecule has 0 aliphatic carbocycles. The van der Waals surface area contributed by atoms with Gasteiger partial charge < -0.3 is 9.64 Å². The molecule has 166 valence electrons. The summed E-state index contributed by atoms with van der Waals surface area (Å²) in [4.78, 5) is 29.6. The van der Waals surface area contributed by atoms with Crippen molar-refractivity contribution in [3.8, 4) is 0 Å². The molecule has 0 saturated carbocycles. The topological polar surface area (TPSA) is 49.9 Å². The van der Waals surface area contributed by atoms with Gasteiger partial charge >= 0.3 is 5.97 Å². The van der Waals surface area contributed by atoms with Gasteiger partial charge in [0, 0.05) is 16.0 Å². The van der Waals surface area contributed by atoms with Crippen LogP contribution in [0.5, 0.6) is 0 Å². The number of piperazine rings is 1. The van der Waals surface area contributed by atoms with Gasteiger partial charge in [-0.15, -0.1) is 0 Å². The highest BCUT2D eigenvalue weighted by Crippen LogP contribution is 2.34. The van der Waals surface area contributed by atoms with Crippen molar-refractivity contribution in [1.29, 1.82) is 0 Å². The molecule has 0 N–H and O–H groups in total. The predicted octanol–water partition coefficient (Wildman–Crippen LogP) is 4.86. The van der Waals surface area contributed by atoms with Crippen LogP contribution in [-0.4, -0.2) is 55.0 Å². The number of likely N-dealkylation sites (N-methyl/N-ethyl adjacent to an activating group) is 1. The molecule has 3 aromatic rings. The average Bonchev–Trinajstić information content (AvgIpc) is 2.78. The third-order valence-corrected chi connectivity index (χ3v) is 6.98. The van der Waals surface area contributed by atoms with E-state index in [0.29, 0.717) is 18.0 Å². The molecule has 0 radical (unpaired) electrons. The molecular weight excluding hydrogens is 492 g/mol. The molecule has 7 heteroatoms. The van der Waals surface area contributed by atoms with Crippen molar-refractivity contribution in [2.24, 2.45) is 0 Å². The average molecular weight is 516 g/mol. The molecule has 1 saturated heterocycles. The Hall–Kier alpha value is -2.41. The number of benzene rings is 3. The van der Waals surface area contributed by atoms with Crippen LogP contribution in [0.1, 0.15) is 17.2 Å². The van der Waals surface area contributed by atoms with E-state index in [1.54, 1.807) is 11.9 Å². The van der Waals surface area contributed by atoms with Crippen LogP contribution in [0.2, 0.25) is 5.02 Å². The third-order valence-electron chi connectivity index (χ3n) is 6.01. The van der Waals surface area contributed by atoms with Gasteiger partial charge in [0.2, 0.25) is 5.91 Å². The smallest absolute Gasteiger partial charge is 0.325 e. The molecule has 1 amide bonds. The highest BCUT2D eigenvalue weighted by Gasteiger charge is 2.44. The van der Waals surface area contributed by atoms with E-state index in [2.05, 4.69) is 22.0 Å². The summed E-state index contributed by atoms with van der Waals surface area (Å²) in [5, 5.41) is 2.82. The van der Waals surface area contributed by atoms with Gasteiger partial charge in [0.05, 0.1) is 19.7 Å². The Morgan fingerprint density at radius 3 is 2.59 bits per heavy atom. The fourth-order valence-electron chi connectivity index (χ4n) is 4.38. The second-order valence-electron chi connectivity index (χ2n) is 8.01. The molecule has 0 aromatic heterocycles. The Morgan fingerprint density at radius 2 is 1.88 bits per heavy atom. The molecule has 1 aliphatic heterocycles. The molecular formula is C25H24BrClN2O3. The summed E-state index contributed by atoms with van der Waals surface area (Å²) in [5.74, 6) is -0.369. The molecule has 2 atom stereocenters. The first kappa shape index (κ1) is 22.8. The largest absolute Gasteiger partial charge is 0.468 e. The third kappa shape index (κ3) is 4.53. The minimum absolute atomic E-state index is 0.0177. The lowest BCUT2D eigenvalue weighted by molar-refractivity contribution is -0.158. The maximum Gasteiger partial charge on any atom is 0.325 e. The van der Waals surface area contributed by atoms with Crippen LogP contribution in [-0.2, 0) is 20.7 Å². The number of carbonyl (C=O) groups excluding carboxylic acids is 2. The number of rotatable bonds is 5. The molecule has 5 nitrogen and oxygen atoms in total. The maximum atomic E-state index is 13.2. The Bertz CT molecular complexity index is 1170. The van der Waals surface area contributed by atoms with Gasteiger partial charge in [0.1, 0.15) is 6.04 Å². The van der Waals surface area contributed by atoms with E-state index >= 15 is 0 Å². The molecule has 1 fully saturated rings. The van der Waals surface area contributed by atoms with E-state index in [9.17, 15) is 9.59 Å². The van der Waals surface area contributed by atoms with Crippen molar-refractivity contribution < 1.29 is 14.3 Å². The fraction of sp³-hybridized carbons (Fsp3) is 0.280. The Labute approximate surface area is 201 Å². The zero-order chi connectivity index (χ0) is 22.8. The summed E-state index contributed by atoms with van der Waals surface area (Å²) in [6.45, 7) is 0.629. The summed E-state index contributed by atoms with van der Waals surface area (Å²) in [5.41, 5.74) is 1.96. The molecule has 0 unspecified atom stereocenters. The van der Waals surface area contributed by atoms with Gasteiger partial charge in [-0.1, -0.05) is 70.0 Å². The van der Waals surface area contributed by atoms with E-state index in [1.807, 2.05) is 59.5 Å². The van der Waals surface area contributed by atoms with Gasteiger partial charge in [0.25, 0.3) is 0 Å². The number of hydrogen-bond donors (Lipinski definition) is 0. The van der Waals surface area contributed by atoms with E-state index < -0.39 is 12.1 Å². The van der Waals surface area contributed by atoms with Gasteiger partial charge in [-0.05, 0) is 53.6 Å². The number of hydrogen-bond acceptors (Lipinski definition) is 4. The SMILES string of the molecule is COC(=O)[C@@H]1[C@@H](c2ccc3ccccc3c2)N(CCc2ccc(Cl)cc2Br)C(=O)CN1C. The van der Waals surface area contributed by atoms with Crippen LogP contribution in [0, 0.1) is 0 Å². The minimum Gasteiger partial charge on any atom is -0.468 e. The molecule has 32 heavy (non-hydrogen) atoms. The maximum absolute atomic E-state index is 13.2. The number of esters is 1. The summed E-state index contributed by atoms with van der Waals surface area (Å²) < 4.78 is 6.04. The van der Waals surface area contributed by atoms with Crippen LogP contribution in [0.15, 0.2) is 65.1 Å². The molecule has 3 aromatic carbocycles. The monoisotopic (exact) mass is 514 g/mol. The number of amides is 1. The van der Waals surface area contributed by atoms with Crippen LogP contribution in [0.3, 0.4) is 0 Å². The van der Waals surface area contributed by atoms with Crippen molar-refractivity contribution in [2.75, 3.05) is 27.2 Å². The van der Waals surface area contributed by atoms with Crippen molar-refractivity contribution in [1.82, 2.24) is 9.80 Å². The standard InChI is InChI=1S/C25H24BrClN2O3/c1-28-15-22(30)29(12-11-17-9-10-20(27)14-21(17)26)23(24(28)25(31)32-2)19-8-7-16-5-3-4-6-18(16)13-19/h3-10,13-14,23-24H,11-12,15H2,1-2H3/t23-,24+/m1/s1. The Kier molecular flexibility index (Phi) is 6.84. The number of methoxy groups -OCH3 is 1. The van der Waals surface area contributed by atoms with Crippen LogP contribution in [0.4, 0.5) is 0 Å². The quantitative estimate of drug-likeness (QED) is 0.456. The number of nitrogens with zero attached hydrogens (tertiary/aromatic N) is 2. The first-order valence-corrected chi connectivity index (χ1v) is 11.6. The van der Waals surface area contributed by atoms with Gasteiger partial charge in [-0.25, -0.2) is 0 Å². The zero-order valence-corrected chi connectivity index (χ0v) is 20.3. The lowest BCUT2D eigenvalue weighted by Crippen LogP contribution is -2.59. The number of halogens is 2. The van der Waals surface area contributed by atoms with E-state index in [0.717, 1.165) is 26.4 Å². The zero-order valence-electron chi connectivity index (χ0n) is 17.9. The highest BCUT2D eigenvalue weighted by atomic mass is 79.9. The van der Waals surface area contributed by atoms with Crippen molar-refractivity contribution in [3.63, 3.8) is 0 Å². The molecule has 0 spiro atoms. The van der Waals surface area contributed by atoms with Gasteiger partial charge in [-0.2, -0.15) is 0 Å². The normalized spacial score (nSPS) is 19.4.